The summed E-state index contributed by atoms with van der Waals surface area (Å²) >= 11 is 1.56. The Morgan fingerprint density at radius 1 is 1.44 bits per heavy atom. The molecule has 0 spiro atoms. The van der Waals surface area contributed by atoms with Gasteiger partial charge in [0.2, 0.25) is 0 Å². The molecule has 1 N–H and O–H groups in total. The Bertz CT molecular complexity index is 557. The van der Waals surface area contributed by atoms with Crippen LogP contribution < -0.4 is 5.32 Å². The minimum atomic E-state index is -0.615. The van der Waals surface area contributed by atoms with Gasteiger partial charge in [0.1, 0.15) is 11.5 Å². The van der Waals surface area contributed by atoms with E-state index >= 15 is 0 Å². The third kappa shape index (κ3) is 2.65. The molecule has 0 radical (unpaired) electrons. The molecule has 1 unspecified atom stereocenters. The summed E-state index contributed by atoms with van der Waals surface area (Å²) in [6.07, 6.45) is 0. The van der Waals surface area contributed by atoms with Crippen LogP contribution in [-0.2, 0) is 0 Å². The molecule has 4 nitrogen and oxygen atoms in total. The van der Waals surface area contributed by atoms with E-state index in [0.717, 1.165) is 10.9 Å². The van der Waals surface area contributed by atoms with E-state index in [0.29, 0.717) is 5.69 Å². The van der Waals surface area contributed by atoms with E-state index in [-0.39, 0.29) is 11.7 Å². The number of nitro groups is 1. The predicted octanol–water partition coefficient (Wildman–Crippen LogP) is 3.97. The average Bonchev–Trinajstić information content (AvgIpc) is 2.84. The number of hydrogen-bond donors (Lipinski definition) is 1. The van der Waals surface area contributed by atoms with E-state index in [1.165, 1.54) is 12.1 Å². The normalized spacial score (nSPS) is 12.1. The van der Waals surface area contributed by atoms with Crippen LogP contribution in [0, 0.1) is 15.9 Å². The van der Waals surface area contributed by atoms with Crippen LogP contribution in [-0.4, -0.2) is 4.92 Å². The van der Waals surface area contributed by atoms with Gasteiger partial charge in [0.15, 0.2) is 0 Å². The van der Waals surface area contributed by atoms with Crippen LogP contribution in [0.5, 0.6) is 0 Å². The molecule has 0 aliphatic rings. The molecule has 1 atom stereocenters. The van der Waals surface area contributed by atoms with E-state index in [1.807, 2.05) is 24.4 Å². The van der Waals surface area contributed by atoms with E-state index in [4.69, 9.17) is 0 Å². The second kappa shape index (κ2) is 5.14. The molecule has 2 rings (SSSR count). The summed E-state index contributed by atoms with van der Waals surface area (Å²) in [5, 5.41) is 15.8. The van der Waals surface area contributed by atoms with Crippen molar-refractivity contribution in [2.24, 2.45) is 0 Å². The van der Waals surface area contributed by atoms with Gasteiger partial charge in [-0.05, 0) is 30.5 Å². The summed E-state index contributed by atoms with van der Waals surface area (Å²) in [4.78, 5) is 11.3. The Hall–Kier alpha value is -1.95. The van der Waals surface area contributed by atoms with Crippen LogP contribution in [0.25, 0.3) is 0 Å². The van der Waals surface area contributed by atoms with Crippen molar-refractivity contribution in [3.05, 3.63) is 56.5 Å². The average molecular weight is 266 g/mol. The monoisotopic (exact) mass is 266 g/mol. The molecular weight excluding hydrogens is 255 g/mol. The van der Waals surface area contributed by atoms with Crippen LogP contribution in [0.4, 0.5) is 15.8 Å². The van der Waals surface area contributed by atoms with Crippen molar-refractivity contribution in [1.82, 2.24) is 0 Å². The SMILES string of the molecule is CC(Nc1ccc(F)cc1[N+](=O)[O-])c1cccs1. The molecule has 1 heterocycles. The van der Waals surface area contributed by atoms with E-state index in [1.54, 1.807) is 11.3 Å². The molecule has 2 aromatic rings. The Morgan fingerprint density at radius 3 is 2.83 bits per heavy atom. The van der Waals surface area contributed by atoms with Crippen molar-refractivity contribution in [3.8, 4) is 0 Å². The van der Waals surface area contributed by atoms with Crippen molar-refractivity contribution >= 4 is 22.7 Å². The van der Waals surface area contributed by atoms with Gasteiger partial charge in [-0.1, -0.05) is 6.07 Å². The molecule has 0 saturated carbocycles. The molecule has 1 aromatic heterocycles. The molecule has 6 heteroatoms. The highest BCUT2D eigenvalue weighted by atomic mass is 32.1. The van der Waals surface area contributed by atoms with E-state index < -0.39 is 10.7 Å². The lowest BCUT2D eigenvalue weighted by Gasteiger charge is -2.13. The summed E-state index contributed by atoms with van der Waals surface area (Å²) in [5.41, 5.74) is 0.0701. The standard InChI is InChI=1S/C12H11FN2O2S/c1-8(12-3-2-6-18-12)14-10-5-4-9(13)7-11(10)15(16)17/h2-8,14H,1H3. The lowest BCUT2D eigenvalue weighted by Crippen LogP contribution is -2.07. The highest BCUT2D eigenvalue weighted by Gasteiger charge is 2.17. The van der Waals surface area contributed by atoms with Gasteiger partial charge in [-0.25, -0.2) is 4.39 Å². The summed E-state index contributed by atoms with van der Waals surface area (Å²) in [5.74, 6) is -0.615. The number of anilines is 1. The van der Waals surface area contributed by atoms with Gasteiger partial charge in [-0.3, -0.25) is 10.1 Å². The third-order valence-electron chi connectivity index (χ3n) is 2.50. The van der Waals surface area contributed by atoms with Crippen LogP contribution in [0.15, 0.2) is 35.7 Å². The molecule has 0 saturated heterocycles. The lowest BCUT2D eigenvalue weighted by molar-refractivity contribution is -0.384. The fourth-order valence-corrected chi connectivity index (χ4v) is 2.35. The smallest absolute Gasteiger partial charge is 0.295 e. The molecule has 94 valence electrons. The summed E-state index contributed by atoms with van der Waals surface area (Å²) in [6, 6.07) is 7.31. The van der Waals surface area contributed by atoms with Crippen molar-refractivity contribution in [1.29, 1.82) is 0 Å². The topological polar surface area (TPSA) is 55.2 Å². The molecule has 0 bridgehead atoms. The van der Waals surface area contributed by atoms with Crippen LogP contribution in [0.1, 0.15) is 17.8 Å². The number of halogens is 1. The number of nitro benzene ring substituents is 1. The minimum Gasteiger partial charge on any atom is -0.372 e. The first-order valence-electron chi connectivity index (χ1n) is 5.32. The van der Waals surface area contributed by atoms with Crippen LogP contribution in [0.3, 0.4) is 0 Å². The van der Waals surface area contributed by atoms with Crippen molar-refractivity contribution in [3.63, 3.8) is 0 Å². The molecule has 0 aliphatic carbocycles. The fraction of sp³-hybridized carbons (Fsp3) is 0.167. The first kappa shape index (κ1) is 12.5. The second-order valence-corrected chi connectivity index (χ2v) is 4.78. The molecule has 0 fully saturated rings. The highest BCUT2D eigenvalue weighted by molar-refractivity contribution is 7.10. The van der Waals surface area contributed by atoms with Crippen molar-refractivity contribution in [2.45, 2.75) is 13.0 Å². The van der Waals surface area contributed by atoms with Gasteiger partial charge in [0, 0.05) is 4.88 Å². The fourth-order valence-electron chi connectivity index (χ4n) is 1.62. The second-order valence-electron chi connectivity index (χ2n) is 3.80. The maximum atomic E-state index is 13.0. The molecule has 0 aliphatic heterocycles. The van der Waals surface area contributed by atoms with Gasteiger partial charge in [0.05, 0.1) is 17.0 Å². The largest absolute Gasteiger partial charge is 0.372 e. The molecule has 18 heavy (non-hydrogen) atoms. The summed E-state index contributed by atoms with van der Waals surface area (Å²) < 4.78 is 13.0. The predicted molar refractivity (Wildman–Crippen MR) is 69.4 cm³/mol. The molecule has 0 amide bonds. The minimum absolute atomic E-state index is 0.0610. The maximum absolute atomic E-state index is 13.0. The van der Waals surface area contributed by atoms with Crippen LogP contribution >= 0.6 is 11.3 Å². The van der Waals surface area contributed by atoms with Gasteiger partial charge in [0.25, 0.3) is 5.69 Å². The zero-order valence-corrected chi connectivity index (χ0v) is 10.4. The summed E-state index contributed by atoms with van der Waals surface area (Å²) in [7, 11) is 0. The third-order valence-corrected chi connectivity index (χ3v) is 3.55. The zero-order valence-electron chi connectivity index (χ0n) is 9.59. The zero-order chi connectivity index (χ0) is 13.1. The quantitative estimate of drug-likeness (QED) is 0.673. The van der Waals surface area contributed by atoms with Gasteiger partial charge >= 0.3 is 0 Å². The number of benzene rings is 1. The molecular formula is C12H11FN2O2S. The van der Waals surface area contributed by atoms with E-state index in [2.05, 4.69) is 5.32 Å². The van der Waals surface area contributed by atoms with E-state index in [9.17, 15) is 14.5 Å². The Labute approximate surface area is 107 Å². The van der Waals surface area contributed by atoms with Crippen molar-refractivity contribution in [2.75, 3.05) is 5.32 Å². The number of nitrogens with zero attached hydrogens (tertiary/aromatic N) is 1. The highest BCUT2D eigenvalue weighted by Crippen LogP contribution is 2.30. The Morgan fingerprint density at radius 2 is 2.22 bits per heavy atom. The maximum Gasteiger partial charge on any atom is 0.295 e. The van der Waals surface area contributed by atoms with Gasteiger partial charge < -0.3 is 5.32 Å². The van der Waals surface area contributed by atoms with Crippen LogP contribution in [0.2, 0.25) is 0 Å². The van der Waals surface area contributed by atoms with Gasteiger partial charge in [-0.15, -0.1) is 11.3 Å². The lowest BCUT2D eigenvalue weighted by atomic mass is 10.2. The Kier molecular flexibility index (Phi) is 3.57. The number of rotatable bonds is 4. The first-order chi connectivity index (χ1) is 8.58. The number of hydrogen-bond acceptors (Lipinski definition) is 4. The Balaban J connectivity index is 2.26. The molecule has 1 aromatic carbocycles. The number of nitrogens with one attached hydrogen (secondary N) is 1. The summed E-state index contributed by atoms with van der Waals surface area (Å²) in [6.45, 7) is 1.90. The first-order valence-corrected chi connectivity index (χ1v) is 6.20. The van der Waals surface area contributed by atoms with Gasteiger partial charge in [-0.2, -0.15) is 0 Å². The number of thiophene rings is 1. The van der Waals surface area contributed by atoms with Crippen molar-refractivity contribution < 1.29 is 9.31 Å².